The number of nitrogens with one attached hydrogen (secondary N) is 1. The minimum Gasteiger partial charge on any atom is -0.359 e. The molecule has 0 bridgehead atoms. The maximum absolute atomic E-state index is 4.89. The van der Waals surface area contributed by atoms with Crippen molar-refractivity contribution in [3.8, 4) is 0 Å². The molecule has 0 amide bonds. The van der Waals surface area contributed by atoms with Crippen LogP contribution < -0.4 is 15.9 Å². The minimum absolute atomic E-state index is 0.349. The van der Waals surface area contributed by atoms with E-state index >= 15 is 0 Å². The first-order chi connectivity index (χ1) is 16.9. The summed E-state index contributed by atoms with van der Waals surface area (Å²) in [6.45, 7) is 14.1. The molecular formula is C32H41N2P. The SMILES string of the molecule is CC(=CC(C)=NCCCP(c1ccccc1)c1ccccc1)Nc1c(C(C)C)cccc1C(C)C. The van der Waals surface area contributed by atoms with E-state index in [1.54, 1.807) is 0 Å². The summed E-state index contributed by atoms with van der Waals surface area (Å²) in [5.74, 6) is 0.950. The van der Waals surface area contributed by atoms with E-state index in [0.29, 0.717) is 11.8 Å². The topological polar surface area (TPSA) is 24.4 Å². The maximum atomic E-state index is 4.89. The molecule has 0 aromatic heterocycles. The molecule has 0 aliphatic rings. The van der Waals surface area contributed by atoms with Gasteiger partial charge in [0.2, 0.25) is 0 Å². The third-order valence-electron chi connectivity index (χ3n) is 6.16. The number of benzene rings is 3. The van der Waals surface area contributed by atoms with Crippen LogP contribution >= 0.6 is 7.92 Å². The van der Waals surface area contributed by atoms with E-state index in [4.69, 9.17) is 4.99 Å². The first-order valence-electron chi connectivity index (χ1n) is 12.8. The van der Waals surface area contributed by atoms with Crippen LogP contribution in [0.1, 0.15) is 70.9 Å². The molecule has 3 aromatic carbocycles. The van der Waals surface area contributed by atoms with Crippen LogP contribution in [-0.4, -0.2) is 18.4 Å². The van der Waals surface area contributed by atoms with Gasteiger partial charge in [-0.05, 0) is 74.0 Å². The number of rotatable bonds is 11. The van der Waals surface area contributed by atoms with Crippen molar-refractivity contribution < 1.29 is 0 Å². The smallest absolute Gasteiger partial charge is 0.0452 e. The van der Waals surface area contributed by atoms with E-state index in [9.17, 15) is 0 Å². The van der Waals surface area contributed by atoms with Crippen molar-refractivity contribution in [1.82, 2.24) is 0 Å². The molecule has 0 fully saturated rings. The Bertz CT molecular complexity index is 1050. The number of anilines is 1. The summed E-state index contributed by atoms with van der Waals surface area (Å²) in [6, 6.07) is 28.5. The van der Waals surface area contributed by atoms with Crippen molar-refractivity contribution >= 4 is 29.9 Å². The van der Waals surface area contributed by atoms with Gasteiger partial charge in [-0.3, -0.25) is 4.99 Å². The van der Waals surface area contributed by atoms with Gasteiger partial charge >= 0.3 is 0 Å². The Kier molecular flexibility index (Phi) is 10.3. The Morgan fingerprint density at radius 2 is 1.29 bits per heavy atom. The van der Waals surface area contributed by atoms with Crippen molar-refractivity contribution in [2.75, 3.05) is 18.0 Å². The normalized spacial score (nSPS) is 12.6. The zero-order valence-electron chi connectivity index (χ0n) is 22.3. The first-order valence-corrected chi connectivity index (χ1v) is 14.4. The van der Waals surface area contributed by atoms with Gasteiger partial charge in [0.05, 0.1) is 0 Å². The van der Waals surface area contributed by atoms with Gasteiger partial charge in [0.15, 0.2) is 0 Å². The highest BCUT2D eigenvalue weighted by atomic mass is 31.1. The molecule has 3 heteroatoms. The largest absolute Gasteiger partial charge is 0.359 e. The van der Waals surface area contributed by atoms with Crippen LogP contribution in [-0.2, 0) is 0 Å². The Hall–Kier alpha value is -2.70. The molecule has 0 radical (unpaired) electrons. The molecule has 0 aliphatic carbocycles. The highest BCUT2D eigenvalue weighted by Crippen LogP contribution is 2.34. The summed E-state index contributed by atoms with van der Waals surface area (Å²) in [6.07, 6.45) is 4.42. The lowest BCUT2D eigenvalue weighted by Gasteiger charge is -2.21. The van der Waals surface area contributed by atoms with Crippen LogP contribution in [0.2, 0.25) is 0 Å². The van der Waals surface area contributed by atoms with Crippen LogP contribution in [0.5, 0.6) is 0 Å². The molecule has 0 heterocycles. The van der Waals surface area contributed by atoms with Gasteiger partial charge < -0.3 is 5.32 Å². The van der Waals surface area contributed by atoms with Crippen LogP contribution in [0.4, 0.5) is 5.69 Å². The van der Waals surface area contributed by atoms with E-state index < -0.39 is 0 Å². The monoisotopic (exact) mass is 484 g/mol. The fourth-order valence-electron chi connectivity index (χ4n) is 4.39. The van der Waals surface area contributed by atoms with E-state index in [1.165, 1.54) is 27.4 Å². The van der Waals surface area contributed by atoms with E-state index in [0.717, 1.165) is 30.5 Å². The molecule has 0 saturated carbocycles. The summed E-state index contributed by atoms with van der Waals surface area (Å²) in [4.78, 5) is 4.89. The van der Waals surface area contributed by atoms with Gasteiger partial charge in [-0.25, -0.2) is 0 Å². The van der Waals surface area contributed by atoms with Crippen LogP contribution in [0.25, 0.3) is 0 Å². The van der Waals surface area contributed by atoms with E-state index in [-0.39, 0.29) is 7.92 Å². The van der Waals surface area contributed by atoms with Gasteiger partial charge in [-0.1, -0.05) is 107 Å². The predicted molar refractivity (Wildman–Crippen MR) is 159 cm³/mol. The number of allylic oxidation sites excluding steroid dienone is 2. The van der Waals surface area contributed by atoms with Crippen molar-refractivity contribution in [2.24, 2.45) is 4.99 Å². The average Bonchev–Trinajstić information content (AvgIpc) is 2.85. The molecule has 0 atom stereocenters. The highest BCUT2D eigenvalue weighted by molar-refractivity contribution is 7.73. The maximum Gasteiger partial charge on any atom is 0.0452 e. The molecule has 2 nitrogen and oxygen atoms in total. The molecule has 1 N–H and O–H groups in total. The lowest BCUT2D eigenvalue weighted by atomic mass is 9.92. The lowest BCUT2D eigenvalue weighted by Crippen LogP contribution is -2.14. The summed E-state index contributed by atoms with van der Waals surface area (Å²) in [5.41, 5.74) is 6.21. The van der Waals surface area contributed by atoms with Crippen LogP contribution in [0.3, 0.4) is 0 Å². The highest BCUT2D eigenvalue weighted by Gasteiger charge is 2.14. The zero-order valence-corrected chi connectivity index (χ0v) is 23.1. The van der Waals surface area contributed by atoms with Crippen molar-refractivity contribution in [3.63, 3.8) is 0 Å². The molecule has 0 aliphatic heterocycles. The van der Waals surface area contributed by atoms with Gasteiger partial charge in [0.1, 0.15) is 0 Å². The summed E-state index contributed by atoms with van der Waals surface area (Å²) in [7, 11) is -0.349. The lowest BCUT2D eigenvalue weighted by molar-refractivity contribution is 0.837. The summed E-state index contributed by atoms with van der Waals surface area (Å²) in [5, 5.41) is 6.60. The molecule has 0 unspecified atom stereocenters. The van der Waals surface area contributed by atoms with Gasteiger partial charge in [-0.15, -0.1) is 0 Å². The average molecular weight is 485 g/mol. The summed E-state index contributed by atoms with van der Waals surface area (Å²) < 4.78 is 0. The van der Waals surface area contributed by atoms with Gasteiger partial charge in [0, 0.05) is 23.6 Å². The standard InChI is InChI=1S/C32H41N2P/c1-24(2)30-19-13-20-31(25(3)4)32(30)34-27(6)23-26(5)33-21-14-22-35(28-15-9-7-10-16-28)29-17-11-8-12-18-29/h7-13,15-20,23-25,34H,14,21-22H2,1-6H3. The molecule has 3 aromatic rings. The molecular weight excluding hydrogens is 443 g/mol. The fourth-order valence-corrected chi connectivity index (χ4v) is 6.73. The first kappa shape index (κ1) is 26.9. The Labute approximate surface area is 214 Å². The number of para-hydroxylation sites is 1. The van der Waals surface area contributed by atoms with Crippen molar-refractivity contribution in [2.45, 2.75) is 59.8 Å². The third kappa shape index (κ3) is 7.91. The van der Waals surface area contributed by atoms with Gasteiger partial charge in [-0.2, -0.15) is 0 Å². The molecule has 184 valence electrons. The zero-order chi connectivity index (χ0) is 25.2. The van der Waals surface area contributed by atoms with E-state index in [2.05, 4.69) is 132 Å². The summed E-state index contributed by atoms with van der Waals surface area (Å²) >= 11 is 0. The van der Waals surface area contributed by atoms with Crippen molar-refractivity contribution in [3.05, 3.63) is 102 Å². The second kappa shape index (κ2) is 13.4. The number of nitrogens with zero attached hydrogens (tertiary/aromatic N) is 1. The minimum atomic E-state index is -0.349. The Balaban J connectivity index is 1.66. The van der Waals surface area contributed by atoms with E-state index in [1.807, 2.05) is 0 Å². The number of hydrogen-bond acceptors (Lipinski definition) is 2. The Morgan fingerprint density at radius 3 is 1.77 bits per heavy atom. The van der Waals surface area contributed by atoms with Gasteiger partial charge in [0.25, 0.3) is 0 Å². The molecule has 0 saturated heterocycles. The fraction of sp³-hybridized carbons (Fsp3) is 0.344. The van der Waals surface area contributed by atoms with Crippen LogP contribution in [0.15, 0.2) is 95.6 Å². The van der Waals surface area contributed by atoms with Crippen LogP contribution in [0, 0.1) is 0 Å². The molecule has 35 heavy (non-hydrogen) atoms. The molecule has 0 spiro atoms. The molecule has 3 rings (SSSR count). The third-order valence-corrected chi connectivity index (χ3v) is 8.76. The number of hydrogen-bond donors (Lipinski definition) is 1. The Morgan fingerprint density at radius 1 is 0.771 bits per heavy atom. The number of aliphatic imine (C=N–C) groups is 1. The van der Waals surface area contributed by atoms with Crippen molar-refractivity contribution in [1.29, 1.82) is 0 Å². The second-order valence-corrected chi connectivity index (χ2v) is 12.1. The predicted octanol–water partition coefficient (Wildman–Crippen LogP) is 8.23. The quantitative estimate of drug-likeness (QED) is 0.165. The second-order valence-electron chi connectivity index (χ2n) is 9.77.